The molecule has 0 saturated carbocycles. The van der Waals surface area contributed by atoms with Gasteiger partial charge in [-0.15, -0.1) is 11.6 Å². The molecule has 0 bridgehead atoms. The third-order valence-corrected chi connectivity index (χ3v) is 5.30. The summed E-state index contributed by atoms with van der Waals surface area (Å²) in [6.45, 7) is 1.67. The number of halogens is 2. The molecule has 8 heteroatoms. The highest BCUT2D eigenvalue weighted by Gasteiger charge is 2.24. The van der Waals surface area contributed by atoms with E-state index in [0.717, 1.165) is 5.56 Å². The first kappa shape index (κ1) is 25.0. The van der Waals surface area contributed by atoms with Gasteiger partial charge in [-0.1, -0.05) is 35.9 Å². The Balaban J connectivity index is 2.09. The summed E-state index contributed by atoms with van der Waals surface area (Å²) in [5, 5.41) is 19.9. The Kier molecular flexibility index (Phi) is 10.1. The number of nitrogens with zero attached hydrogens (tertiary/aromatic N) is 1. The molecular formula is C23H27Cl2NO5. The SMILES string of the molecule is CC(Cc1ccc(OCC(=O)O)cc1)N(C[C@H](O)c1cccc(Cl)c1)C(=O)CCCCl. The molecule has 1 amide bonds. The fourth-order valence-electron chi connectivity index (χ4n) is 3.21. The molecule has 0 fully saturated rings. The van der Waals surface area contributed by atoms with E-state index in [9.17, 15) is 14.7 Å². The maximum absolute atomic E-state index is 12.8. The maximum Gasteiger partial charge on any atom is 0.341 e. The van der Waals surface area contributed by atoms with Crippen molar-refractivity contribution >= 4 is 35.1 Å². The summed E-state index contributed by atoms with van der Waals surface area (Å²) in [7, 11) is 0. The molecule has 0 aromatic heterocycles. The third kappa shape index (κ3) is 8.40. The van der Waals surface area contributed by atoms with Gasteiger partial charge in [0.1, 0.15) is 5.75 Å². The van der Waals surface area contributed by atoms with Gasteiger partial charge in [0.15, 0.2) is 6.61 Å². The molecule has 0 saturated heterocycles. The summed E-state index contributed by atoms with van der Waals surface area (Å²) in [5.41, 5.74) is 1.61. The molecule has 2 atom stereocenters. The zero-order valence-corrected chi connectivity index (χ0v) is 18.9. The van der Waals surface area contributed by atoms with Crippen molar-refractivity contribution in [3.05, 3.63) is 64.7 Å². The van der Waals surface area contributed by atoms with Crippen molar-refractivity contribution in [3.8, 4) is 5.75 Å². The molecule has 2 rings (SSSR count). The van der Waals surface area contributed by atoms with E-state index in [-0.39, 0.29) is 18.5 Å². The lowest BCUT2D eigenvalue weighted by Gasteiger charge is -2.32. The number of amides is 1. The lowest BCUT2D eigenvalue weighted by Crippen LogP contribution is -2.42. The van der Waals surface area contributed by atoms with Crippen LogP contribution in [0.4, 0.5) is 0 Å². The number of ether oxygens (including phenoxy) is 1. The van der Waals surface area contributed by atoms with E-state index in [4.69, 9.17) is 33.0 Å². The Hall–Kier alpha value is -2.28. The molecule has 0 spiro atoms. The van der Waals surface area contributed by atoms with E-state index < -0.39 is 18.7 Å². The van der Waals surface area contributed by atoms with Crippen molar-refractivity contribution in [3.63, 3.8) is 0 Å². The Morgan fingerprint density at radius 2 is 1.87 bits per heavy atom. The number of rotatable bonds is 12. The van der Waals surface area contributed by atoms with Crippen molar-refractivity contribution in [2.24, 2.45) is 0 Å². The molecule has 0 aliphatic heterocycles. The van der Waals surface area contributed by atoms with Crippen LogP contribution in [0.5, 0.6) is 5.75 Å². The van der Waals surface area contributed by atoms with Gasteiger partial charge in [-0.05, 0) is 55.2 Å². The number of carbonyl (C=O) groups is 2. The number of aliphatic hydroxyl groups is 1. The van der Waals surface area contributed by atoms with E-state index in [1.807, 2.05) is 19.1 Å². The summed E-state index contributed by atoms with van der Waals surface area (Å²) < 4.78 is 5.15. The van der Waals surface area contributed by atoms with Crippen LogP contribution in [0.1, 0.15) is 37.0 Å². The maximum atomic E-state index is 12.8. The molecule has 2 aromatic carbocycles. The molecular weight excluding hydrogens is 441 g/mol. The lowest BCUT2D eigenvalue weighted by atomic mass is 10.0. The smallest absolute Gasteiger partial charge is 0.341 e. The van der Waals surface area contributed by atoms with E-state index >= 15 is 0 Å². The van der Waals surface area contributed by atoms with Gasteiger partial charge in [-0.3, -0.25) is 4.79 Å². The number of carboxylic acid groups (broad SMARTS) is 1. The van der Waals surface area contributed by atoms with Crippen LogP contribution in [0.25, 0.3) is 0 Å². The minimum Gasteiger partial charge on any atom is -0.482 e. The van der Waals surface area contributed by atoms with Crippen LogP contribution in [0.2, 0.25) is 5.02 Å². The summed E-state index contributed by atoms with van der Waals surface area (Å²) in [5.74, 6) is -0.259. The predicted molar refractivity (Wildman–Crippen MR) is 121 cm³/mol. The molecule has 0 radical (unpaired) electrons. The van der Waals surface area contributed by atoms with Crippen LogP contribution < -0.4 is 4.74 Å². The summed E-state index contributed by atoms with van der Waals surface area (Å²) in [6, 6.07) is 13.8. The Labute approximate surface area is 192 Å². The monoisotopic (exact) mass is 467 g/mol. The van der Waals surface area contributed by atoms with Crippen molar-refractivity contribution < 1.29 is 24.5 Å². The fraction of sp³-hybridized carbons (Fsp3) is 0.391. The average Bonchev–Trinajstić information content (AvgIpc) is 2.75. The first-order valence-electron chi connectivity index (χ1n) is 10.0. The van der Waals surface area contributed by atoms with Crippen LogP contribution >= 0.6 is 23.2 Å². The van der Waals surface area contributed by atoms with E-state index in [1.165, 1.54) is 0 Å². The van der Waals surface area contributed by atoms with Gasteiger partial charge in [0.05, 0.1) is 12.6 Å². The summed E-state index contributed by atoms with van der Waals surface area (Å²) >= 11 is 11.8. The summed E-state index contributed by atoms with van der Waals surface area (Å²) in [4.78, 5) is 25.1. The minimum atomic E-state index is -1.04. The standard InChI is InChI=1S/C23H27Cl2NO5/c1-16(12-17-7-9-20(10-8-17)31-15-23(29)30)26(22(28)6-3-11-24)14-21(27)18-4-2-5-19(25)13-18/h2,4-5,7-10,13,16,21,27H,3,6,11-12,14-15H2,1H3,(H,29,30)/t16?,21-/m0/s1. The minimum absolute atomic E-state index is 0.0735. The zero-order valence-electron chi connectivity index (χ0n) is 17.3. The second-order valence-electron chi connectivity index (χ2n) is 7.29. The van der Waals surface area contributed by atoms with Crippen LogP contribution in [0.3, 0.4) is 0 Å². The van der Waals surface area contributed by atoms with Crippen LogP contribution in [0, 0.1) is 0 Å². The Morgan fingerprint density at radius 1 is 1.16 bits per heavy atom. The normalized spacial score (nSPS) is 12.8. The molecule has 6 nitrogen and oxygen atoms in total. The lowest BCUT2D eigenvalue weighted by molar-refractivity contribution is -0.139. The van der Waals surface area contributed by atoms with Gasteiger partial charge in [0.2, 0.25) is 5.91 Å². The second kappa shape index (κ2) is 12.5. The van der Waals surface area contributed by atoms with Gasteiger partial charge < -0.3 is 19.8 Å². The number of carbonyl (C=O) groups excluding carboxylic acids is 1. The number of alkyl halides is 1. The van der Waals surface area contributed by atoms with Crippen molar-refractivity contribution in [2.75, 3.05) is 19.0 Å². The molecule has 31 heavy (non-hydrogen) atoms. The first-order valence-corrected chi connectivity index (χ1v) is 10.9. The number of aliphatic carboxylic acids is 1. The molecule has 1 unspecified atom stereocenters. The highest BCUT2D eigenvalue weighted by Crippen LogP contribution is 2.22. The molecule has 2 N–H and O–H groups in total. The van der Waals surface area contributed by atoms with Crippen molar-refractivity contribution in [2.45, 2.75) is 38.3 Å². The van der Waals surface area contributed by atoms with E-state index in [2.05, 4.69) is 0 Å². The van der Waals surface area contributed by atoms with Crippen LogP contribution in [-0.4, -0.2) is 52.1 Å². The Bertz CT molecular complexity index is 859. The quantitative estimate of drug-likeness (QED) is 0.454. The fourth-order valence-corrected chi connectivity index (χ4v) is 3.55. The van der Waals surface area contributed by atoms with E-state index in [1.54, 1.807) is 41.3 Å². The predicted octanol–water partition coefficient (Wildman–Crippen LogP) is 4.32. The molecule has 0 aliphatic carbocycles. The molecule has 0 heterocycles. The Morgan fingerprint density at radius 3 is 2.48 bits per heavy atom. The number of hydrogen-bond acceptors (Lipinski definition) is 4. The molecule has 0 aliphatic rings. The van der Waals surface area contributed by atoms with Crippen LogP contribution in [-0.2, 0) is 16.0 Å². The number of aliphatic hydroxyl groups excluding tert-OH is 1. The highest BCUT2D eigenvalue weighted by molar-refractivity contribution is 6.30. The van der Waals surface area contributed by atoms with Gasteiger partial charge in [-0.25, -0.2) is 4.79 Å². The van der Waals surface area contributed by atoms with Gasteiger partial charge in [0.25, 0.3) is 0 Å². The first-order chi connectivity index (χ1) is 14.8. The second-order valence-corrected chi connectivity index (χ2v) is 8.10. The number of hydrogen-bond donors (Lipinski definition) is 2. The third-order valence-electron chi connectivity index (χ3n) is 4.80. The van der Waals surface area contributed by atoms with Crippen LogP contribution in [0.15, 0.2) is 48.5 Å². The van der Waals surface area contributed by atoms with Gasteiger partial charge >= 0.3 is 5.97 Å². The van der Waals surface area contributed by atoms with E-state index in [0.29, 0.717) is 41.5 Å². The molecule has 2 aromatic rings. The number of carboxylic acids is 1. The zero-order chi connectivity index (χ0) is 22.8. The average molecular weight is 468 g/mol. The molecule has 168 valence electrons. The van der Waals surface area contributed by atoms with Gasteiger partial charge in [-0.2, -0.15) is 0 Å². The van der Waals surface area contributed by atoms with Crippen molar-refractivity contribution in [1.29, 1.82) is 0 Å². The summed E-state index contributed by atoms with van der Waals surface area (Å²) in [6.07, 6.45) is 0.562. The number of benzene rings is 2. The van der Waals surface area contributed by atoms with Gasteiger partial charge in [0, 0.05) is 23.4 Å². The topological polar surface area (TPSA) is 87.1 Å². The largest absolute Gasteiger partial charge is 0.482 e. The van der Waals surface area contributed by atoms with Crippen molar-refractivity contribution in [1.82, 2.24) is 4.90 Å². The highest BCUT2D eigenvalue weighted by atomic mass is 35.5.